The highest BCUT2D eigenvalue weighted by molar-refractivity contribution is 5.78. The van der Waals surface area contributed by atoms with Crippen LogP contribution in [0.3, 0.4) is 0 Å². The zero-order valence-electron chi connectivity index (χ0n) is 14.6. The summed E-state index contributed by atoms with van der Waals surface area (Å²) < 4.78 is 5.44. The van der Waals surface area contributed by atoms with Gasteiger partial charge in [0.25, 0.3) is 0 Å². The summed E-state index contributed by atoms with van der Waals surface area (Å²) in [5, 5.41) is 0. The molecule has 1 aromatic carbocycles. The second-order valence-corrected chi connectivity index (χ2v) is 7.57. The Balaban J connectivity index is 1.55. The molecule has 1 aromatic heterocycles. The maximum Gasteiger partial charge on any atom is 0.410 e. The van der Waals surface area contributed by atoms with Crippen LogP contribution in [0.5, 0.6) is 0 Å². The van der Waals surface area contributed by atoms with Crippen molar-refractivity contribution in [3.8, 4) is 0 Å². The number of amides is 1. The molecule has 0 aliphatic carbocycles. The number of carbonyl (C=O) groups is 1. The van der Waals surface area contributed by atoms with Gasteiger partial charge in [-0.1, -0.05) is 0 Å². The number of likely N-dealkylation sites (tertiary alicyclic amines) is 1. The van der Waals surface area contributed by atoms with Crippen LogP contribution in [0.15, 0.2) is 18.2 Å². The SMILES string of the molecule is CC(C)(C)OC(=O)N1CCC(Cc2nc3ccc(N)cc3[nH]2)CC1. The number of aromatic nitrogens is 2. The van der Waals surface area contributed by atoms with E-state index in [0.29, 0.717) is 5.92 Å². The van der Waals surface area contributed by atoms with E-state index in [0.717, 1.165) is 54.9 Å². The number of aromatic amines is 1. The van der Waals surface area contributed by atoms with Gasteiger partial charge < -0.3 is 20.4 Å². The number of nitrogens with zero attached hydrogens (tertiary/aromatic N) is 2. The molecule has 6 nitrogen and oxygen atoms in total. The van der Waals surface area contributed by atoms with Gasteiger partial charge in [0, 0.05) is 25.2 Å². The highest BCUT2D eigenvalue weighted by Gasteiger charge is 2.27. The summed E-state index contributed by atoms with van der Waals surface area (Å²) in [5.74, 6) is 1.52. The lowest BCUT2D eigenvalue weighted by molar-refractivity contribution is 0.0184. The van der Waals surface area contributed by atoms with E-state index in [-0.39, 0.29) is 6.09 Å². The smallest absolute Gasteiger partial charge is 0.410 e. The van der Waals surface area contributed by atoms with Gasteiger partial charge in [-0.2, -0.15) is 0 Å². The summed E-state index contributed by atoms with van der Waals surface area (Å²) in [5.41, 5.74) is 8.04. The topological polar surface area (TPSA) is 84.2 Å². The van der Waals surface area contributed by atoms with Gasteiger partial charge in [-0.25, -0.2) is 9.78 Å². The molecule has 1 aliphatic rings. The fourth-order valence-corrected chi connectivity index (χ4v) is 3.10. The van der Waals surface area contributed by atoms with Crippen molar-refractivity contribution in [3.63, 3.8) is 0 Å². The zero-order valence-corrected chi connectivity index (χ0v) is 14.6. The maximum absolute atomic E-state index is 12.1. The molecule has 2 heterocycles. The van der Waals surface area contributed by atoms with E-state index in [2.05, 4.69) is 9.97 Å². The largest absolute Gasteiger partial charge is 0.444 e. The van der Waals surface area contributed by atoms with Gasteiger partial charge >= 0.3 is 6.09 Å². The third-order valence-electron chi connectivity index (χ3n) is 4.30. The van der Waals surface area contributed by atoms with Crippen LogP contribution in [0.1, 0.15) is 39.4 Å². The number of hydrogen-bond acceptors (Lipinski definition) is 4. The summed E-state index contributed by atoms with van der Waals surface area (Å²) >= 11 is 0. The molecular formula is C18H26N4O2. The number of rotatable bonds is 2. The minimum atomic E-state index is -0.440. The predicted molar refractivity (Wildman–Crippen MR) is 94.7 cm³/mol. The Morgan fingerprint density at radius 2 is 2.08 bits per heavy atom. The minimum Gasteiger partial charge on any atom is -0.444 e. The first-order chi connectivity index (χ1) is 11.3. The van der Waals surface area contributed by atoms with Crippen LogP contribution < -0.4 is 5.73 Å². The number of fused-ring (bicyclic) bond motifs is 1. The molecule has 6 heteroatoms. The number of nitrogens with two attached hydrogens (primary N) is 1. The Kier molecular flexibility index (Phi) is 4.39. The van der Waals surface area contributed by atoms with E-state index in [1.54, 1.807) is 4.90 Å². The van der Waals surface area contributed by atoms with Crippen LogP contribution in [-0.2, 0) is 11.2 Å². The summed E-state index contributed by atoms with van der Waals surface area (Å²) in [6.45, 7) is 7.17. The van der Waals surface area contributed by atoms with E-state index in [9.17, 15) is 4.79 Å². The molecule has 0 spiro atoms. The monoisotopic (exact) mass is 330 g/mol. The Morgan fingerprint density at radius 1 is 1.38 bits per heavy atom. The second kappa shape index (κ2) is 6.34. The lowest BCUT2D eigenvalue weighted by atomic mass is 9.93. The third-order valence-corrected chi connectivity index (χ3v) is 4.30. The minimum absolute atomic E-state index is 0.208. The number of nitrogens with one attached hydrogen (secondary N) is 1. The van der Waals surface area contributed by atoms with Crippen molar-refractivity contribution in [2.45, 2.75) is 45.6 Å². The molecule has 130 valence electrons. The first kappa shape index (κ1) is 16.6. The van der Waals surface area contributed by atoms with E-state index < -0.39 is 5.60 Å². The molecule has 0 saturated carbocycles. The van der Waals surface area contributed by atoms with Gasteiger partial charge in [0.1, 0.15) is 11.4 Å². The summed E-state index contributed by atoms with van der Waals surface area (Å²) in [7, 11) is 0. The van der Waals surface area contributed by atoms with Crippen LogP contribution >= 0.6 is 0 Å². The average molecular weight is 330 g/mol. The summed E-state index contributed by atoms with van der Waals surface area (Å²) in [4.78, 5) is 21.9. The number of hydrogen-bond donors (Lipinski definition) is 2. The Bertz CT molecular complexity index is 724. The third kappa shape index (κ3) is 3.99. The number of nitrogen functional groups attached to an aromatic ring is 1. The van der Waals surface area contributed by atoms with Gasteiger partial charge in [-0.15, -0.1) is 0 Å². The van der Waals surface area contributed by atoms with Gasteiger partial charge in [0.2, 0.25) is 0 Å². The summed E-state index contributed by atoms with van der Waals surface area (Å²) in [6.07, 6.45) is 2.63. The van der Waals surface area contributed by atoms with E-state index in [4.69, 9.17) is 10.5 Å². The van der Waals surface area contributed by atoms with Crippen molar-refractivity contribution in [3.05, 3.63) is 24.0 Å². The van der Waals surface area contributed by atoms with E-state index in [1.807, 2.05) is 39.0 Å². The van der Waals surface area contributed by atoms with Gasteiger partial charge in [0.15, 0.2) is 0 Å². The molecule has 1 saturated heterocycles. The highest BCUT2D eigenvalue weighted by atomic mass is 16.6. The molecule has 1 aliphatic heterocycles. The number of piperidine rings is 1. The number of benzene rings is 1. The number of anilines is 1. The normalized spacial score (nSPS) is 16.5. The first-order valence-electron chi connectivity index (χ1n) is 8.52. The lowest BCUT2D eigenvalue weighted by Gasteiger charge is -2.33. The molecule has 0 bridgehead atoms. The number of ether oxygens (including phenoxy) is 1. The van der Waals surface area contributed by atoms with Crippen molar-refractivity contribution >= 4 is 22.8 Å². The number of H-pyrrole nitrogens is 1. The maximum atomic E-state index is 12.1. The molecule has 1 amide bonds. The zero-order chi connectivity index (χ0) is 17.3. The molecule has 3 rings (SSSR count). The molecule has 0 unspecified atom stereocenters. The first-order valence-corrected chi connectivity index (χ1v) is 8.52. The van der Waals surface area contributed by atoms with Gasteiger partial charge in [-0.05, 0) is 57.7 Å². The van der Waals surface area contributed by atoms with Crippen LogP contribution in [0.25, 0.3) is 11.0 Å². The fourth-order valence-electron chi connectivity index (χ4n) is 3.10. The van der Waals surface area contributed by atoms with Crippen LogP contribution in [-0.4, -0.2) is 39.7 Å². The molecule has 3 N–H and O–H groups in total. The molecule has 0 radical (unpaired) electrons. The number of carbonyl (C=O) groups excluding carboxylic acids is 1. The van der Waals surface area contributed by atoms with Gasteiger partial charge in [-0.3, -0.25) is 0 Å². The lowest BCUT2D eigenvalue weighted by Crippen LogP contribution is -2.42. The molecule has 1 fully saturated rings. The van der Waals surface area contributed by atoms with Gasteiger partial charge in [0.05, 0.1) is 11.0 Å². The molecule has 24 heavy (non-hydrogen) atoms. The van der Waals surface area contributed by atoms with Crippen LogP contribution in [0.4, 0.5) is 10.5 Å². The Morgan fingerprint density at radius 3 is 2.75 bits per heavy atom. The van der Waals surface area contributed by atoms with Crippen LogP contribution in [0, 0.1) is 5.92 Å². The molecular weight excluding hydrogens is 304 g/mol. The van der Waals surface area contributed by atoms with Crippen molar-refractivity contribution in [1.29, 1.82) is 0 Å². The van der Waals surface area contributed by atoms with E-state index in [1.165, 1.54) is 0 Å². The number of imidazole rings is 1. The standard InChI is InChI=1S/C18H26N4O2/c1-18(2,3)24-17(23)22-8-6-12(7-9-22)10-16-20-14-5-4-13(19)11-15(14)21-16/h4-5,11-12H,6-10,19H2,1-3H3,(H,20,21). The highest BCUT2D eigenvalue weighted by Crippen LogP contribution is 2.24. The van der Waals surface area contributed by atoms with Crippen molar-refractivity contribution in [2.75, 3.05) is 18.8 Å². The Hall–Kier alpha value is -2.24. The van der Waals surface area contributed by atoms with Crippen LogP contribution in [0.2, 0.25) is 0 Å². The summed E-state index contributed by atoms with van der Waals surface area (Å²) in [6, 6.07) is 5.72. The van der Waals surface area contributed by atoms with Crippen molar-refractivity contribution in [2.24, 2.45) is 5.92 Å². The average Bonchev–Trinajstić information content (AvgIpc) is 2.87. The predicted octanol–water partition coefficient (Wildman–Crippen LogP) is 3.33. The molecule has 2 aromatic rings. The second-order valence-electron chi connectivity index (χ2n) is 7.57. The fraction of sp³-hybridized carbons (Fsp3) is 0.556. The quantitative estimate of drug-likeness (QED) is 0.827. The Labute approximate surface area is 142 Å². The van der Waals surface area contributed by atoms with Crippen molar-refractivity contribution < 1.29 is 9.53 Å². The molecule has 0 atom stereocenters. The van der Waals surface area contributed by atoms with E-state index >= 15 is 0 Å². The van der Waals surface area contributed by atoms with Crippen molar-refractivity contribution in [1.82, 2.24) is 14.9 Å².